The smallest absolute Gasteiger partial charge is 0.164 e. The molecule has 0 amide bonds. The third kappa shape index (κ3) is 3.55. The summed E-state index contributed by atoms with van der Waals surface area (Å²) in [6, 6.07) is 5.65. The topological polar surface area (TPSA) is 38.2 Å². The van der Waals surface area contributed by atoms with Crippen LogP contribution in [0.5, 0.6) is 0 Å². The van der Waals surface area contributed by atoms with Crippen molar-refractivity contribution in [1.82, 2.24) is 9.97 Å². The van der Waals surface area contributed by atoms with Crippen LogP contribution in [-0.4, -0.2) is 29.2 Å². The zero-order chi connectivity index (χ0) is 14.5. The lowest BCUT2D eigenvalue weighted by Crippen LogP contribution is -2.37. The molecule has 2 aromatic rings. The van der Waals surface area contributed by atoms with Gasteiger partial charge in [0.1, 0.15) is 0 Å². The van der Waals surface area contributed by atoms with Crippen molar-refractivity contribution in [2.24, 2.45) is 0 Å². The molecule has 0 aliphatic carbocycles. The second kappa shape index (κ2) is 6.63. The van der Waals surface area contributed by atoms with Gasteiger partial charge in [-0.25, -0.2) is 4.39 Å². The van der Waals surface area contributed by atoms with Gasteiger partial charge in [-0.05, 0) is 30.5 Å². The van der Waals surface area contributed by atoms with Crippen LogP contribution >= 0.6 is 0 Å². The number of piperidine rings is 1. The lowest BCUT2D eigenvalue weighted by molar-refractivity contribution is 0.0249. The average Bonchev–Trinajstić information content (AvgIpc) is 2.55. The third-order valence-corrected chi connectivity index (χ3v) is 3.74. The zero-order valence-electron chi connectivity index (χ0n) is 11.8. The van der Waals surface area contributed by atoms with Crippen LogP contribution < -0.4 is 4.90 Å². The van der Waals surface area contributed by atoms with Crippen molar-refractivity contribution in [2.45, 2.75) is 25.6 Å². The molecule has 0 N–H and O–H groups in total. The van der Waals surface area contributed by atoms with Gasteiger partial charge < -0.3 is 9.64 Å². The molecule has 5 heteroatoms. The molecule has 1 aliphatic rings. The van der Waals surface area contributed by atoms with Gasteiger partial charge in [-0.1, -0.05) is 6.07 Å². The first-order valence-electron chi connectivity index (χ1n) is 7.18. The van der Waals surface area contributed by atoms with E-state index in [0.29, 0.717) is 12.3 Å². The number of aromatic nitrogens is 2. The SMILES string of the molecule is Fc1cnccc1N1CCC(OCc2cccnc2)CC1. The van der Waals surface area contributed by atoms with Crippen LogP contribution in [0.25, 0.3) is 0 Å². The Kier molecular flexibility index (Phi) is 4.40. The molecule has 21 heavy (non-hydrogen) atoms. The van der Waals surface area contributed by atoms with Gasteiger partial charge in [0.05, 0.1) is 24.6 Å². The summed E-state index contributed by atoms with van der Waals surface area (Å²) in [4.78, 5) is 9.92. The summed E-state index contributed by atoms with van der Waals surface area (Å²) in [6.07, 6.45) is 8.51. The fraction of sp³-hybridized carbons (Fsp3) is 0.375. The van der Waals surface area contributed by atoms with E-state index >= 15 is 0 Å². The van der Waals surface area contributed by atoms with E-state index in [4.69, 9.17) is 4.74 Å². The molecule has 110 valence electrons. The molecule has 2 aromatic heterocycles. The van der Waals surface area contributed by atoms with Crippen LogP contribution in [-0.2, 0) is 11.3 Å². The lowest BCUT2D eigenvalue weighted by atomic mass is 10.1. The highest BCUT2D eigenvalue weighted by atomic mass is 19.1. The molecule has 0 spiro atoms. The van der Waals surface area contributed by atoms with Gasteiger partial charge >= 0.3 is 0 Å². The minimum atomic E-state index is -0.257. The number of anilines is 1. The number of rotatable bonds is 4. The second-order valence-electron chi connectivity index (χ2n) is 5.19. The summed E-state index contributed by atoms with van der Waals surface area (Å²) in [5.41, 5.74) is 1.72. The van der Waals surface area contributed by atoms with Gasteiger partial charge in [0.15, 0.2) is 5.82 Å². The van der Waals surface area contributed by atoms with E-state index in [9.17, 15) is 4.39 Å². The minimum absolute atomic E-state index is 0.228. The van der Waals surface area contributed by atoms with Crippen LogP contribution in [0.2, 0.25) is 0 Å². The molecule has 3 heterocycles. The van der Waals surface area contributed by atoms with Gasteiger partial charge in [-0.3, -0.25) is 9.97 Å². The Morgan fingerprint density at radius 3 is 2.67 bits per heavy atom. The number of ether oxygens (including phenoxy) is 1. The molecular formula is C16H18FN3O. The maximum atomic E-state index is 13.7. The monoisotopic (exact) mass is 287 g/mol. The molecule has 1 fully saturated rings. The average molecular weight is 287 g/mol. The Labute approximate surface area is 123 Å². The molecule has 0 radical (unpaired) electrons. The molecule has 1 aliphatic heterocycles. The Balaban J connectivity index is 1.50. The fourth-order valence-corrected chi connectivity index (χ4v) is 2.59. The van der Waals surface area contributed by atoms with Crippen molar-refractivity contribution < 1.29 is 9.13 Å². The van der Waals surface area contributed by atoms with E-state index in [0.717, 1.165) is 31.5 Å². The predicted octanol–water partition coefficient (Wildman–Crippen LogP) is 2.80. The van der Waals surface area contributed by atoms with Gasteiger partial charge in [0, 0.05) is 31.7 Å². The Hall–Kier alpha value is -2.01. The van der Waals surface area contributed by atoms with Crippen LogP contribution in [0.3, 0.4) is 0 Å². The summed E-state index contributed by atoms with van der Waals surface area (Å²) >= 11 is 0. The first-order valence-corrected chi connectivity index (χ1v) is 7.18. The van der Waals surface area contributed by atoms with E-state index in [-0.39, 0.29) is 11.9 Å². The molecule has 0 atom stereocenters. The van der Waals surface area contributed by atoms with E-state index in [1.165, 1.54) is 6.20 Å². The quantitative estimate of drug-likeness (QED) is 0.866. The summed E-state index contributed by atoms with van der Waals surface area (Å²) in [5, 5.41) is 0. The van der Waals surface area contributed by atoms with Crippen molar-refractivity contribution in [1.29, 1.82) is 0 Å². The van der Waals surface area contributed by atoms with Crippen molar-refractivity contribution >= 4 is 5.69 Å². The standard InChI is InChI=1S/C16H18FN3O/c17-15-11-19-7-3-16(15)20-8-4-14(5-9-20)21-12-13-2-1-6-18-10-13/h1-3,6-7,10-11,14H,4-5,8-9,12H2. The van der Waals surface area contributed by atoms with E-state index in [2.05, 4.69) is 14.9 Å². The predicted molar refractivity (Wildman–Crippen MR) is 78.5 cm³/mol. The summed E-state index contributed by atoms with van der Waals surface area (Å²) in [6.45, 7) is 2.19. The summed E-state index contributed by atoms with van der Waals surface area (Å²) in [5.74, 6) is -0.257. The zero-order valence-corrected chi connectivity index (χ0v) is 11.8. The summed E-state index contributed by atoms with van der Waals surface area (Å²) < 4.78 is 19.6. The molecule has 4 nitrogen and oxygen atoms in total. The second-order valence-corrected chi connectivity index (χ2v) is 5.19. The highest BCUT2D eigenvalue weighted by molar-refractivity contribution is 5.46. The van der Waals surface area contributed by atoms with E-state index in [1.807, 2.05) is 18.3 Å². The number of halogens is 1. The first-order chi connectivity index (χ1) is 10.3. The van der Waals surface area contributed by atoms with Crippen LogP contribution in [0.1, 0.15) is 18.4 Å². The third-order valence-electron chi connectivity index (χ3n) is 3.74. The maximum Gasteiger partial charge on any atom is 0.164 e. The molecule has 0 aromatic carbocycles. The Morgan fingerprint density at radius 1 is 1.14 bits per heavy atom. The van der Waals surface area contributed by atoms with Gasteiger partial charge in [0.2, 0.25) is 0 Å². The van der Waals surface area contributed by atoms with Crippen molar-refractivity contribution in [3.05, 3.63) is 54.4 Å². The molecular weight excluding hydrogens is 269 g/mol. The van der Waals surface area contributed by atoms with E-state index in [1.54, 1.807) is 18.5 Å². The molecule has 1 saturated heterocycles. The van der Waals surface area contributed by atoms with Crippen molar-refractivity contribution in [3.63, 3.8) is 0 Å². The Morgan fingerprint density at radius 2 is 1.95 bits per heavy atom. The molecule has 0 unspecified atom stereocenters. The number of nitrogens with zero attached hydrogens (tertiary/aromatic N) is 3. The van der Waals surface area contributed by atoms with Gasteiger partial charge in [-0.15, -0.1) is 0 Å². The number of pyridine rings is 2. The van der Waals surface area contributed by atoms with Gasteiger partial charge in [-0.2, -0.15) is 0 Å². The normalized spacial score (nSPS) is 16.1. The van der Waals surface area contributed by atoms with Crippen molar-refractivity contribution in [2.75, 3.05) is 18.0 Å². The summed E-state index contributed by atoms with van der Waals surface area (Å²) in [7, 11) is 0. The van der Waals surface area contributed by atoms with Crippen LogP contribution in [0.15, 0.2) is 43.0 Å². The highest BCUT2D eigenvalue weighted by Gasteiger charge is 2.21. The van der Waals surface area contributed by atoms with Gasteiger partial charge in [0.25, 0.3) is 0 Å². The van der Waals surface area contributed by atoms with Crippen molar-refractivity contribution in [3.8, 4) is 0 Å². The number of hydrogen-bond acceptors (Lipinski definition) is 4. The minimum Gasteiger partial charge on any atom is -0.373 e. The molecule has 0 saturated carbocycles. The maximum absolute atomic E-state index is 13.7. The largest absolute Gasteiger partial charge is 0.373 e. The highest BCUT2D eigenvalue weighted by Crippen LogP contribution is 2.23. The Bertz CT molecular complexity index is 571. The van der Waals surface area contributed by atoms with Crippen LogP contribution in [0, 0.1) is 5.82 Å². The first kappa shape index (κ1) is 13.9. The molecule has 0 bridgehead atoms. The molecule has 3 rings (SSSR count). The van der Waals surface area contributed by atoms with Crippen LogP contribution in [0.4, 0.5) is 10.1 Å². The fourth-order valence-electron chi connectivity index (χ4n) is 2.59. The lowest BCUT2D eigenvalue weighted by Gasteiger charge is -2.33. The van der Waals surface area contributed by atoms with E-state index < -0.39 is 0 Å². The number of hydrogen-bond donors (Lipinski definition) is 0.